The molecule has 0 spiro atoms. The molecule has 0 unspecified atom stereocenters. The fraction of sp³-hybridized carbons (Fsp3) is 0.385. The van der Waals surface area contributed by atoms with Gasteiger partial charge in [0, 0.05) is 5.39 Å². The highest BCUT2D eigenvalue weighted by atomic mass is 16.4. The molecule has 78 valence electrons. The van der Waals surface area contributed by atoms with Gasteiger partial charge in [-0.1, -0.05) is 11.6 Å². The Hall–Kier alpha value is -1.28. The van der Waals surface area contributed by atoms with Crippen molar-refractivity contribution in [3.63, 3.8) is 0 Å². The predicted octanol–water partition coefficient (Wildman–Crippen LogP) is 3.11. The number of furan rings is 1. The third-order valence-electron chi connectivity index (χ3n) is 3.31. The SMILES string of the molecule is Cc1ccc2oc(C3(O)CCC3)cc2c1. The van der Waals surface area contributed by atoms with Gasteiger partial charge in [0.25, 0.3) is 0 Å². The Morgan fingerprint density at radius 3 is 2.73 bits per heavy atom. The number of fused-ring (bicyclic) bond motifs is 1. The van der Waals surface area contributed by atoms with Crippen LogP contribution in [0.15, 0.2) is 28.7 Å². The van der Waals surface area contributed by atoms with Crippen LogP contribution >= 0.6 is 0 Å². The van der Waals surface area contributed by atoms with Crippen molar-refractivity contribution in [3.05, 3.63) is 35.6 Å². The third kappa shape index (κ3) is 1.29. The molecular weight excluding hydrogens is 188 g/mol. The Bertz CT molecular complexity index is 506. The van der Waals surface area contributed by atoms with Crippen LogP contribution in [0.3, 0.4) is 0 Å². The van der Waals surface area contributed by atoms with E-state index in [0.717, 1.165) is 36.0 Å². The summed E-state index contributed by atoms with van der Waals surface area (Å²) in [6.07, 6.45) is 2.74. The molecule has 0 radical (unpaired) electrons. The van der Waals surface area contributed by atoms with Crippen molar-refractivity contribution in [1.29, 1.82) is 0 Å². The molecule has 15 heavy (non-hydrogen) atoms. The van der Waals surface area contributed by atoms with Crippen LogP contribution in [0.25, 0.3) is 11.0 Å². The molecular formula is C13H14O2. The van der Waals surface area contributed by atoms with Gasteiger partial charge in [-0.3, -0.25) is 0 Å². The lowest BCUT2D eigenvalue weighted by molar-refractivity contribution is -0.0555. The summed E-state index contributed by atoms with van der Waals surface area (Å²) in [4.78, 5) is 0. The summed E-state index contributed by atoms with van der Waals surface area (Å²) < 4.78 is 5.68. The lowest BCUT2D eigenvalue weighted by Crippen LogP contribution is -2.32. The van der Waals surface area contributed by atoms with Crippen LogP contribution in [-0.4, -0.2) is 5.11 Å². The van der Waals surface area contributed by atoms with Gasteiger partial charge in [0.1, 0.15) is 16.9 Å². The molecule has 1 aliphatic carbocycles. The number of aliphatic hydroxyl groups is 1. The highest BCUT2D eigenvalue weighted by Crippen LogP contribution is 2.42. The molecule has 2 nitrogen and oxygen atoms in total. The minimum Gasteiger partial charge on any atom is -0.458 e. The average Bonchev–Trinajstić information content (AvgIpc) is 2.57. The van der Waals surface area contributed by atoms with Crippen molar-refractivity contribution in [1.82, 2.24) is 0 Å². The zero-order chi connectivity index (χ0) is 10.5. The molecule has 0 saturated heterocycles. The number of benzene rings is 1. The van der Waals surface area contributed by atoms with Crippen molar-refractivity contribution < 1.29 is 9.52 Å². The predicted molar refractivity (Wildman–Crippen MR) is 58.7 cm³/mol. The fourth-order valence-electron chi connectivity index (χ4n) is 2.15. The monoisotopic (exact) mass is 202 g/mol. The van der Waals surface area contributed by atoms with Gasteiger partial charge in [-0.05, 0) is 44.4 Å². The van der Waals surface area contributed by atoms with Gasteiger partial charge in [0.2, 0.25) is 0 Å². The molecule has 1 aromatic heterocycles. The van der Waals surface area contributed by atoms with E-state index in [9.17, 15) is 5.11 Å². The maximum atomic E-state index is 10.2. The van der Waals surface area contributed by atoms with Gasteiger partial charge in [-0.25, -0.2) is 0 Å². The van der Waals surface area contributed by atoms with Crippen LogP contribution in [0, 0.1) is 6.92 Å². The second-order valence-corrected chi connectivity index (χ2v) is 4.54. The van der Waals surface area contributed by atoms with Crippen LogP contribution in [0.5, 0.6) is 0 Å². The van der Waals surface area contributed by atoms with E-state index in [1.165, 1.54) is 5.56 Å². The molecule has 0 atom stereocenters. The highest BCUT2D eigenvalue weighted by molar-refractivity contribution is 5.78. The average molecular weight is 202 g/mol. The van der Waals surface area contributed by atoms with Gasteiger partial charge < -0.3 is 9.52 Å². The van der Waals surface area contributed by atoms with E-state index in [4.69, 9.17) is 4.42 Å². The Balaban J connectivity index is 2.14. The zero-order valence-electron chi connectivity index (χ0n) is 8.79. The summed E-state index contributed by atoms with van der Waals surface area (Å²) >= 11 is 0. The van der Waals surface area contributed by atoms with E-state index in [1.807, 2.05) is 18.2 Å². The number of hydrogen-bond acceptors (Lipinski definition) is 2. The van der Waals surface area contributed by atoms with E-state index in [-0.39, 0.29) is 0 Å². The maximum Gasteiger partial charge on any atom is 0.136 e. The van der Waals surface area contributed by atoms with Gasteiger partial charge in [-0.2, -0.15) is 0 Å². The highest BCUT2D eigenvalue weighted by Gasteiger charge is 2.39. The van der Waals surface area contributed by atoms with Gasteiger partial charge in [-0.15, -0.1) is 0 Å². The molecule has 0 bridgehead atoms. The molecule has 1 aliphatic rings. The number of rotatable bonds is 1. The van der Waals surface area contributed by atoms with E-state index in [1.54, 1.807) is 0 Å². The molecule has 1 N–H and O–H groups in total. The lowest BCUT2D eigenvalue weighted by Gasteiger charge is -2.34. The summed E-state index contributed by atoms with van der Waals surface area (Å²) in [6.45, 7) is 2.06. The van der Waals surface area contributed by atoms with Gasteiger partial charge in [0.05, 0.1) is 0 Å². The van der Waals surface area contributed by atoms with Crippen molar-refractivity contribution >= 4 is 11.0 Å². The van der Waals surface area contributed by atoms with Crippen LogP contribution in [0.2, 0.25) is 0 Å². The molecule has 1 fully saturated rings. The van der Waals surface area contributed by atoms with E-state index in [2.05, 4.69) is 13.0 Å². The standard InChI is InChI=1S/C13H14O2/c1-9-3-4-11-10(7-9)8-12(15-11)13(14)5-2-6-13/h3-4,7-8,14H,2,5-6H2,1H3. The summed E-state index contributed by atoms with van der Waals surface area (Å²) in [5, 5.41) is 11.2. The summed E-state index contributed by atoms with van der Waals surface area (Å²) in [7, 11) is 0. The molecule has 3 rings (SSSR count). The van der Waals surface area contributed by atoms with Crippen molar-refractivity contribution in [2.75, 3.05) is 0 Å². The number of aryl methyl sites for hydroxylation is 1. The second-order valence-electron chi connectivity index (χ2n) is 4.54. The first kappa shape index (κ1) is 8.98. The van der Waals surface area contributed by atoms with E-state index in [0.29, 0.717) is 0 Å². The minimum atomic E-state index is -0.688. The first-order valence-electron chi connectivity index (χ1n) is 5.40. The van der Waals surface area contributed by atoms with Crippen molar-refractivity contribution in [3.8, 4) is 0 Å². The van der Waals surface area contributed by atoms with Crippen molar-refractivity contribution in [2.24, 2.45) is 0 Å². The third-order valence-corrected chi connectivity index (χ3v) is 3.31. The van der Waals surface area contributed by atoms with E-state index < -0.39 is 5.60 Å². The van der Waals surface area contributed by atoms with Crippen LogP contribution in [0.4, 0.5) is 0 Å². The second kappa shape index (κ2) is 2.86. The minimum absolute atomic E-state index is 0.688. The Labute approximate surface area is 88.5 Å². The van der Waals surface area contributed by atoms with Crippen LogP contribution in [0.1, 0.15) is 30.6 Å². The maximum absolute atomic E-state index is 10.2. The molecule has 0 amide bonds. The molecule has 1 saturated carbocycles. The molecule has 0 aliphatic heterocycles. The Morgan fingerprint density at radius 1 is 1.27 bits per heavy atom. The van der Waals surface area contributed by atoms with Gasteiger partial charge in [0.15, 0.2) is 0 Å². The Kier molecular flexibility index (Phi) is 1.71. The van der Waals surface area contributed by atoms with Crippen molar-refractivity contribution in [2.45, 2.75) is 31.8 Å². The molecule has 1 aromatic carbocycles. The van der Waals surface area contributed by atoms with E-state index >= 15 is 0 Å². The smallest absolute Gasteiger partial charge is 0.136 e. The Morgan fingerprint density at radius 2 is 2.07 bits per heavy atom. The summed E-state index contributed by atoms with van der Waals surface area (Å²) in [5.41, 5.74) is 1.40. The zero-order valence-corrected chi connectivity index (χ0v) is 8.79. The van der Waals surface area contributed by atoms with Crippen LogP contribution in [-0.2, 0) is 5.60 Å². The normalized spacial score (nSPS) is 19.1. The first-order chi connectivity index (χ1) is 7.17. The summed E-state index contributed by atoms with van der Waals surface area (Å²) in [6, 6.07) is 8.06. The molecule has 2 heteroatoms. The molecule has 1 heterocycles. The van der Waals surface area contributed by atoms with Crippen LogP contribution < -0.4 is 0 Å². The first-order valence-corrected chi connectivity index (χ1v) is 5.40. The summed E-state index contributed by atoms with van der Waals surface area (Å²) in [5.74, 6) is 0.731. The van der Waals surface area contributed by atoms with Gasteiger partial charge >= 0.3 is 0 Å². The fourth-order valence-corrected chi connectivity index (χ4v) is 2.15. The lowest BCUT2D eigenvalue weighted by atomic mass is 9.78. The molecule has 2 aromatic rings. The number of hydrogen-bond donors (Lipinski definition) is 1. The topological polar surface area (TPSA) is 33.4 Å². The largest absolute Gasteiger partial charge is 0.458 e. The quantitative estimate of drug-likeness (QED) is 0.770.